The molecule has 4 N–H and O–H groups in total. The lowest BCUT2D eigenvalue weighted by molar-refractivity contribution is 0.469. The van der Waals surface area contributed by atoms with E-state index in [0.29, 0.717) is 0 Å². The number of hydrogen-bond acceptors (Lipinski definition) is 4. The van der Waals surface area contributed by atoms with Gasteiger partial charge in [-0.05, 0) is 96.5 Å². The van der Waals surface area contributed by atoms with Crippen LogP contribution in [-0.2, 0) is 5.41 Å². The molecular formula is C29H28O4. The van der Waals surface area contributed by atoms with Gasteiger partial charge in [-0.2, -0.15) is 0 Å². The molecule has 0 spiro atoms. The summed E-state index contributed by atoms with van der Waals surface area (Å²) in [6.45, 7) is 7.43. The maximum Gasteiger partial charge on any atom is 0.118 e. The van der Waals surface area contributed by atoms with Crippen molar-refractivity contribution in [1.82, 2.24) is 0 Å². The maximum atomic E-state index is 10.3. The molecule has 0 unspecified atom stereocenters. The second-order valence-corrected chi connectivity index (χ2v) is 8.76. The van der Waals surface area contributed by atoms with E-state index in [9.17, 15) is 20.4 Å². The Kier molecular flexibility index (Phi) is 5.54. The SMILES string of the molecule is Cc1cc(C(c2ccc(O)c(C)c2)(c2ccc(O)c(C)c2)c2ccc(O)c(C)c2)ccc1O. The molecule has 0 aliphatic carbocycles. The highest BCUT2D eigenvalue weighted by atomic mass is 16.3. The lowest BCUT2D eigenvalue weighted by Crippen LogP contribution is -2.31. The Labute approximate surface area is 194 Å². The summed E-state index contributed by atoms with van der Waals surface area (Å²) in [5.41, 5.74) is 5.76. The molecule has 0 radical (unpaired) electrons. The van der Waals surface area contributed by atoms with Crippen LogP contribution in [0.15, 0.2) is 72.8 Å². The molecule has 0 saturated carbocycles. The molecule has 33 heavy (non-hydrogen) atoms. The van der Waals surface area contributed by atoms with Gasteiger partial charge >= 0.3 is 0 Å². The molecule has 0 aliphatic heterocycles. The standard InChI is InChI=1S/C29H28O4/c1-17-13-21(5-9-25(17)30)29(22-6-10-26(31)18(2)14-22,23-7-11-27(32)19(3)15-23)24-8-12-28(33)20(4)16-24/h5-16,30-33H,1-4H3. The predicted molar refractivity (Wildman–Crippen MR) is 130 cm³/mol. The average molecular weight is 441 g/mol. The predicted octanol–water partition coefficient (Wildman–Crippen LogP) is 6.13. The van der Waals surface area contributed by atoms with Crippen LogP contribution in [0.4, 0.5) is 0 Å². The third-order valence-electron chi connectivity index (χ3n) is 6.52. The third kappa shape index (κ3) is 3.68. The highest BCUT2D eigenvalue weighted by molar-refractivity contribution is 5.64. The smallest absolute Gasteiger partial charge is 0.118 e. The lowest BCUT2D eigenvalue weighted by atomic mass is 9.64. The van der Waals surface area contributed by atoms with Crippen molar-refractivity contribution in [1.29, 1.82) is 0 Å². The molecule has 0 saturated heterocycles. The van der Waals surface area contributed by atoms with Crippen LogP contribution in [0.2, 0.25) is 0 Å². The highest BCUT2D eigenvalue weighted by Crippen LogP contribution is 2.48. The Balaban J connectivity index is 2.21. The molecule has 0 bridgehead atoms. The zero-order chi connectivity index (χ0) is 23.9. The van der Waals surface area contributed by atoms with Crippen molar-refractivity contribution < 1.29 is 20.4 Å². The highest BCUT2D eigenvalue weighted by Gasteiger charge is 2.39. The summed E-state index contributed by atoms with van der Waals surface area (Å²) in [6.07, 6.45) is 0. The van der Waals surface area contributed by atoms with Crippen LogP contribution < -0.4 is 0 Å². The Morgan fingerprint density at radius 3 is 0.788 bits per heavy atom. The van der Waals surface area contributed by atoms with Crippen molar-refractivity contribution in [2.75, 3.05) is 0 Å². The summed E-state index contributed by atoms with van der Waals surface area (Å²) in [5.74, 6) is 0.827. The van der Waals surface area contributed by atoms with Gasteiger partial charge in [0.25, 0.3) is 0 Å². The fraction of sp³-hybridized carbons (Fsp3) is 0.172. The van der Waals surface area contributed by atoms with Crippen LogP contribution in [0, 0.1) is 27.7 Å². The molecule has 4 aromatic rings. The van der Waals surface area contributed by atoms with Gasteiger partial charge in [0.15, 0.2) is 0 Å². The van der Waals surface area contributed by atoms with E-state index >= 15 is 0 Å². The van der Waals surface area contributed by atoms with Gasteiger partial charge in [-0.1, -0.05) is 48.5 Å². The lowest BCUT2D eigenvalue weighted by Gasteiger charge is -2.38. The van der Waals surface area contributed by atoms with Crippen molar-refractivity contribution in [3.05, 3.63) is 117 Å². The van der Waals surface area contributed by atoms with E-state index < -0.39 is 5.41 Å². The fourth-order valence-corrected chi connectivity index (χ4v) is 4.55. The topological polar surface area (TPSA) is 80.9 Å². The molecule has 0 heterocycles. The first-order chi connectivity index (χ1) is 15.6. The summed E-state index contributed by atoms with van der Waals surface area (Å²) >= 11 is 0. The molecule has 4 heteroatoms. The molecule has 168 valence electrons. The summed E-state index contributed by atoms with van der Waals surface area (Å²) in [4.78, 5) is 0. The van der Waals surface area contributed by atoms with Gasteiger partial charge < -0.3 is 20.4 Å². The minimum atomic E-state index is -0.839. The van der Waals surface area contributed by atoms with E-state index in [1.807, 2.05) is 76.2 Å². The monoisotopic (exact) mass is 440 g/mol. The van der Waals surface area contributed by atoms with E-state index in [2.05, 4.69) is 0 Å². The first kappa shape index (κ1) is 22.3. The van der Waals surface area contributed by atoms with E-state index in [1.165, 1.54) is 0 Å². The molecule has 0 aliphatic rings. The summed E-state index contributed by atoms with van der Waals surface area (Å²) < 4.78 is 0. The fourth-order valence-electron chi connectivity index (χ4n) is 4.55. The number of phenols is 4. The Morgan fingerprint density at radius 1 is 0.394 bits per heavy atom. The molecule has 4 aromatic carbocycles. The Morgan fingerprint density at radius 2 is 0.606 bits per heavy atom. The Hall–Kier alpha value is -3.92. The third-order valence-corrected chi connectivity index (χ3v) is 6.52. The van der Waals surface area contributed by atoms with Crippen LogP contribution in [0.5, 0.6) is 23.0 Å². The maximum absolute atomic E-state index is 10.3. The van der Waals surface area contributed by atoms with Gasteiger partial charge in [-0.25, -0.2) is 0 Å². The largest absolute Gasteiger partial charge is 0.508 e. The first-order valence-corrected chi connectivity index (χ1v) is 10.8. The number of hydrogen-bond donors (Lipinski definition) is 4. The van der Waals surface area contributed by atoms with Gasteiger partial charge in [0.05, 0.1) is 5.41 Å². The van der Waals surface area contributed by atoms with E-state index in [-0.39, 0.29) is 23.0 Å². The van der Waals surface area contributed by atoms with Gasteiger partial charge in [0.1, 0.15) is 23.0 Å². The van der Waals surface area contributed by atoms with E-state index in [1.54, 1.807) is 24.3 Å². The number of aromatic hydroxyl groups is 4. The van der Waals surface area contributed by atoms with E-state index in [0.717, 1.165) is 44.5 Å². The molecule has 0 amide bonds. The average Bonchev–Trinajstić information content (AvgIpc) is 2.78. The van der Waals surface area contributed by atoms with Crippen molar-refractivity contribution in [3.8, 4) is 23.0 Å². The van der Waals surface area contributed by atoms with Crippen molar-refractivity contribution in [2.24, 2.45) is 0 Å². The van der Waals surface area contributed by atoms with Crippen molar-refractivity contribution in [3.63, 3.8) is 0 Å². The minimum absolute atomic E-state index is 0.207. The van der Waals surface area contributed by atoms with Gasteiger partial charge in [0.2, 0.25) is 0 Å². The molecule has 0 atom stereocenters. The molecular weight excluding hydrogens is 412 g/mol. The second-order valence-electron chi connectivity index (χ2n) is 8.76. The van der Waals surface area contributed by atoms with Crippen LogP contribution >= 0.6 is 0 Å². The van der Waals surface area contributed by atoms with Crippen molar-refractivity contribution in [2.45, 2.75) is 33.1 Å². The minimum Gasteiger partial charge on any atom is -0.508 e. The van der Waals surface area contributed by atoms with Gasteiger partial charge in [0, 0.05) is 0 Å². The number of rotatable bonds is 4. The van der Waals surface area contributed by atoms with Gasteiger partial charge in [-0.15, -0.1) is 0 Å². The second kappa shape index (κ2) is 8.21. The summed E-state index contributed by atoms with van der Waals surface area (Å²) in [5, 5.41) is 41.1. The van der Waals surface area contributed by atoms with Crippen LogP contribution in [-0.4, -0.2) is 20.4 Å². The van der Waals surface area contributed by atoms with E-state index in [4.69, 9.17) is 0 Å². The zero-order valence-electron chi connectivity index (χ0n) is 19.2. The normalized spacial score (nSPS) is 11.5. The number of benzene rings is 4. The summed E-state index contributed by atoms with van der Waals surface area (Å²) in [7, 11) is 0. The van der Waals surface area contributed by atoms with Crippen LogP contribution in [0.1, 0.15) is 44.5 Å². The number of aryl methyl sites for hydroxylation is 4. The van der Waals surface area contributed by atoms with Gasteiger partial charge in [-0.3, -0.25) is 0 Å². The quantitative estimate of drug-likeness (QED) is 0.288. The summed E-state index contributed by atoms with van der Waals surface area (Å²) in [6, 6.07) is 22.2. The molecule has 0 aromatic heterocycles. The first-order valence-electron chi connectivity index (χ1n) is 10.8. The van der Waals surface area contributed by atoms with Crippen LogP contribution in [0.3, 0.4) is 0 Å². The molecule has 4 rings (SSSR count). The molecule has 0 fully saturated rings. The zero-order valence-corrected chi connectivity index (χ0v) is 19.2. The van der Waals surface area contributed by atoms with Crippen molar-refractivity contribution >= 4 is 0 Å². The molecule has 4 nitrogen and oxygen atoms in total. The van der Waals surface area contributed by atoms with Crippen LogP contribution in [0.25, 0.3) is 0 Å². The Bertz CT molecular complexity index is 1140. The number of phenolic OH excluding ortho intramolecular Hbond substituents is 4.